The first-order valence-electron chi connectivity index (χ1n) is 6.33. The van der Waals surface area contributed by atoms with Crippen LogP contribution in [-0.2, 0) is 10.1 Å². The van der Waals surface area contributed by atoms with E-state index in [1.165, 1.54) is 24.6 Å². The topological polar surface area (TPSA) is 86.3 Å². The molecule has 0 radical (unpaired) electrons. The Labute approximate surface area is 141 Å². The van der Waals surface area contributed by atoms with Crippen LogP contribution in [0.25, 0.3) is 0 Å². The van der Waals surface area contributed by atoms with E-state index in [-0.39, 0.29) is 52.0 Å². The van der Waals surface area contributed by atoms with Crippen molar-refractivity contribution in [3.63, 3.8) is 0 Å². The molecular weight excluding hydrogens is 289 g/mol. The van der Waals surface area contributed by atoms with Crippen molar-refractivity contribution in [1.82, 2.24) is 5.32 Å². The Morgan fingerprint density at radius 1 is 1.20 bits per heavy atom. The van der Waals surface area contributed by atoms with Crippen LogP contribution in [0.3, 0.4) is 0 Å². The van der Waals surface area contributed by atoms with E-state index in [9.17, 15) is 17.8 Å². The first kappa shape index (κ1) is 17.7. The number of hydrogen-bond donors (Lipinski definition) is 1. The van der Waals surface area contributed by atoms with E-state index in [4.69, 9.17) is 0 Å². The smallest absolute Gasteiger partial charge is 0.744 e. The molecule has 1 aromatic rings. The van der Waals surface area contributed by atoms with Gasteiger partial charge in [-0.15, -0.1) is 0 Å². The number of rotatable bonds is 3. The molecule has 0 unspecified atom stereocenters. The summed E-state index contributed by atoms with van der Waals surface area (Å²) < 4.78 is 32.7. The van der Waals surface area contributed by atoms with Crippen LogP contribution in [0.2, 0.25) is 0 Å². The number of hydrogen-bond acceptors (Lipinski definition) is 4. The third-order valence-electron chi connectivity index (χ3n) is 3.33. The molecule has 5 nitrogen and oxygen atoms in total. The predicted octanol–water partition coefficient (Wildman–Crippen LogP) is -1.34. The molecule has 2 rings (SSSR count). The first-order chi connectivity index (χ1) is 8.97. The zero-order valence-electron chi connectivity index (χ0n) is 11.5. The van der Waals surface area contributed by atoms with Gasteiger partial charge in [0.05, 0.1) is 4.90 Å². The number of amides is 1. The van der Waals surface area contributed by atoms with Crippen molar-refractivity contribution < 1.29 is 47.3 Å². The van der Waals surface area contributed by atoms with Gasteiger partial charge in [0.2, 0.25) is 0 Å². The Balaban J connectivity index is 0.00000200. The molecule has 0 atom stereocenters. The van der Waals surface area contributed by atoms with E-state index in [2.05, 4.69) is 5.32 Å². The number of carbonyl (C=O) groups excluding carboxylic acids is 1. The molecule has 7 heteroatoms. The van der Waals surface area contributed by atoms with E-state index in [1.54, 1.807) is 0 Å². The molecule has 1 aliphatic rings. The van der Waals surface area contributed by atoms with Crippen LogP contribution in [0.1, 0.15) is 42.5 Å². The van der Waals surface area contributed by atoms with Crippen molar-refractivity contribution in [2.24, 2.45) is 0 Å². The van der Waals surface area contributed by atoms with Crippen LogP contribution in [0.15, 0.2) is 29.2 Å². The Kier molecular flexibility index (Phi) is 6.68. The second kappa shape index (κ2) is 7.56. The van der Waals surface area contributed by atoms with E-state index in [0.717, 1.165) is 31.7 Å². The minimum atomic E-state index is -4.52. The number of benzene rings is 1. The summed E-state index contributed by atoms with van der Waals surface area (Å²) in [7, 11) is -4.52. The Hall–Kier alpha value is -0.400. The Morgan fingerprint density at radius 3 is 2.45 bits per heavy atom. The van der Waals surface area contributed by atoms with Crippen molar-refractivity contribution in [3.8, 4) is 0 Å². The van der Waals surface area contributed by atoms with Gasteiger partial charge in [0.1, 0.15) is 10.1 Å². The average molecular weight is 305 g/mol. The number of nitrogens with one attached hydrogen (secondary N) is 1. The Morgan fingerprint density at radius 2 is 1.85 bits per heavy atom. The maximum absolute atomic E-state index is 12.0. The van der Waals surface area contributed by atoms with Gasteiger partial charge in [-0.05, 0) is 31.0 Å². The van der Waals surface area contributed by atoms with Crippen LogP contribution in [0.4, 0.5) is 0 Å². The van der Waals surface area contributed by atoms with Gasteiger partial charge in [-0.3, -0.25) is 4.79 Å². The van der Waals surface area contributed by atoms with E-state index in [0.29, 0.717) is 0 Å². The monoisotopic (exact) mass is 305 g/mol. The third kappa shape index (κ3) is 4.86. The summed E-state index contributed by atoms with van der Waals surface area (Å²) in [5.74, 6) is -0.322. The van der Waals surface area contributed by atoms with Gasteiger partial charge >= 0.3 is 29.6 Å². The molecule has 0 aliphatic heterocycles. The first-order valence-corrected chi connectivity index (χ1v) is 7.74. The van der Waals surface area contributed by atoms with Crippen molar-refractivity contribution in [3.05, 3.63) is 29.8 Å². The fraction of sp³-hybridized carbons (Fsp3) is 0.462. The molecule has 0 bridgehead atoms. The zero-order valence-corrected chi connectivity index (χ0v) is 14.3. The van der Waals surface area contributed by atoms with E-state index < -0.39 is 10.1 Å². The van der Waals surface area contributed by atoms with Gasteiger partial charge in [-0.2, -0.15) is 0 Å². The minimum absolute atomic E-state index is 0. The molecular formula is C13H16NNaO4S. The van der Waals surface area contributed by atoms with Crippen LogP contribution < -0.4 is 34.9 Å². The molecule has 1 fully saturated rings. The summed E-state index contributed by atoms with van der Waals surface area (Å²) in [5.41, 5.74) is 0.211. The van der Waals surface area contributed by atoms with Crippen molar-refractivity contribution in [2.75, 3.05) is 0 Å². The molecule has 1 saturated carbocycles. The summed E-state index contributed by atoms with van der Waals surface area (Å²) in [6.07, 6.45) is 5.28. The maximum atomic E-state index is 12.0. The molecule has 0 heterocycles. The van der Waals surface area contributed by atoms with E-state index in [1.807, 2.05) is 0 Å². The quantitative estimate of drug-likeness (QED) is 0.553. The van der Waals surface area contributed by atoms with Crippen molar-refractivity contribution in [1.29, 1.82) is 0 Å². The van der Waals surface area contributed by atoms with Gasteiger partial charge in [-0.25, -0.2) is 8.42 Å². The minimum Gasteiger partial charge on any atom is -0.744 e. The van der Waals surface area contributed by atoms with Crippen LogP contribution >= 0.6 is 0 Å². The normalized spacial score (nSPS) is 16.2. The summed E-state index contributed by atoms with van der Waals surface area (Å²) >= 11 is 0. The summed E-state index contributed by atoms with van der Waals surface area (Å²) in [5, 5.41) is 2.88. The molecule has 20 heavy (non-hydrogen) atoms. The predicted molar refractivity (Wildman–Crippen MR) is 68.7 cm³/mol. The summed E-state index contributed by atoms with van der Waals surface area (Å²) in [6.45, 7) is 0. The summed E-state index contributed by atoms with van der Waals surface area (Å²) in [6, 6.07) is 5.38. The van der Waals surface area contributed by atoms with Gasteiger partial charge in [0.15, 0.2) is 0 Å². The summed E-state index contributed by atoms with van der Waals surface area (Å²) in [4.78, 5) is 11.6. The molecule has 1 N–H and O–H groups in total. The Bertz CT molecular complexity index is 567. The van der Waals surface area contributed by atoms with Crippen LogP contribution in [-0.4, -0.2) is 24.9 Å². The van der Waals surface area contributed by atoms with Crippen molar-refractivity contribution >= 4 is 16.0 Å². The standard InChI is InChI=1S/C13H17NO4S.Na/c15-13(14-11-6-2-1-3-7-11)10-5-4-8-12(9-10)19(16,17)18;/h4-5,8-9,11H,1-3,6-7H2,(H,14,15)(H,16,17,18);/q;+1/p-1. The molecule has 0 saturated heterocycles. The fourth-order valence-electron chi connectivity index (χ4n) is 2.31. The number of carbonyl (C=O) groups is 1. The SMILES string of the molecule is O=C(NC1CCCCC1)c1cccc(S(=O)(=O)[O-])c1.[Na+]. The van der Waals surface area contributed by atoms with Gasteiger partial charge in [-0.1, -0.05) is 25.3 Å². The fourth-order valence-corrected chi connectivity index (χ4v) is 2.83. The third-order valence-corrected chi connectivity index (χ3v) is 4.16. The zero-order chi connectivity index (χ0) is 13.9. The molecule has 0 spiro atoms. The second-order valence-electron chi connectivity index (χ2n) is 4.79. The largest absolute Gasteiger partial charge is 1.00 e. The van der Waals surface area contributed by atoms with Crippen molar-refractivity contribution in [2.45, 2.75) is 43.0 Å². The average Bonchev–Trinajstić information content (AvgIpc) is 2.39. The molecule has 0 aromatic heterocycles. The van der Waals surface area contributed by atoms with Crippen LogP contribution in [0.5, 0.6) is 0 Å². The molecule has 1 amide bonds. The van der Waals surface area contributed by atoms with Gasteiger partial charge in [0.25, 0.3) is 5.91 Å². The molecule has 1 aliphatic carbocycles. The molecule has 104 valence electrons. The second-order valence-corrected chi connectivity index (χ2v) is 6.17. The van der Waals surface area contributed by atoms with E-state index >= 15 is 0 Å². The van der Waals surface area contributed by atoms with Crippen LogP contribution in [0, 0.1) is 0 Å². The maximum Gasteiger partial charge on any atom is 1.00 e. The molecule has 1 aromatic carbocycles. The van der Waals surface area contributed by atoms with Gasteiger partial charge in [0, 0.05) is 11.6 Å². The van der Waals surface area contributed by atoms with Gasteiger partial charge < -0.3 is 9.87 Å².